The number of hydrogen-bond donors (Lipinski definition) is 1. The van der Waals surface area contributed by atoms with E-state index in [0.29, 0.717) is 12.3 Å². The van der Waals surface area contributed by atoms with Gasteiger partial charge in [-0.1, -0.05) is 0 Å². The van der Waals surface area contributed by atoms with Crippen molar-refractivity contribution in [1.82, 2.24) is 0 Å². The number of hydrogen-bond acceptors (Lipinski definition) is 4. The Bertz CT molecular complexity index is 898. The van der Waals surface area contributed by atoms with Gasteiger partial charge in [0.25, 0.3) is 0 Å². The Morgan fingerprint density at radius 1 is 0.800 bits per heavy atom. The van der Waals surface area contributed by atoms with Gasteiger partial charge in [0.2, 0.25) is 6.10 Å². The molecule has 4 saturated carbocycles. The first-order chi connectivity index (χ1) is 15.8. The Hall–Kier alpha value is -1.38. The van der Waals surface area contributed by atoms with Crippen molar-refractivity contribution in [3.8, 4) is 0 Å². The highest BCUT2D eigenvalue weighted by molar-refractivity contribution is 5.74. The predicted octanol–water partition coefficient (Wildman–Crippen LogP) is 5.00. The van der Waals surface area contributed by atoms with Gasteiger partial charge in [-0.25, -0.2) is 0 Å². The lowest BCUT2D eigenvalue weighted by Crippen LogP contribution is -2.66. The molecule has 200 valence electrons. The summed E-state index contributed by atoms with van der Waals surface area (Å²) in [6.07, 6.45) is -22.6. The molecule has 0 aromatic heterocycles. The second kappa shape index (κ2) is 6.93. The molecule has 4 bridgehead atoms. The summed E-state index contributed by atoms with van der Waals surface area (Å²) < 4.78 is 158. The van der Waals surface area contributed by atoms with Crippen molar-refractivity contribution >= 4 is 5.97 Å². The van der Waals surface area contributed by atoms with Crippen LogP contribution in [0.3, 0.4) is 0 Å². The Balaban J connectivity index is 1.51. The molecule has 5 aliphatic rings. The van der Waals surface area contributed by atoms with E-state index in [1.165, 1.54) is 0 Å². The highest BCUT2D eigenvalue weighted by Crippen LogP contribution is 2.69. The molecule has 0 spiro atoms. The molecule has 35 heavy (non-hydrogen) atoms. The maximum atomic E-state index is 14.7. The number of carbonyl (C=O) groups is 1. The highest BCUT2D eigenvalue weighted by Gasteiger charge is 2.95. The maximum Gasteiger partial charge on any atom is 0.449 e. The van der Waals surface area contributed by atoms with E-state index >= 15 is 0 Å². The molecule has 0 aromatic rings. The fourth-order valence-corrected chi connectivity index (χ4v) is 7.80. The van der Waals surface area contributed by atoms with Crippen LogP contribution >= 0.6 is 0 Å². The van der Waals surface area contributed by atoms with Gasteiger partial charge >= 0.3 is 41.8 Å². The first-order valence-corrected chi connectivity index (χ1v) is 11.0. The summed E-state index contributed by atoms with van der Waals surface area (Å²) in [7, 11) is 0. The van der Waals surface area contributed by atoms with Crippen molar-refractivity contribution in [2.75, 3.05) is 0 Å². The second-order valence-corrected chi connectivity index (χ2v) is 10.4. The van der Waals surface area contributed by atoms with Crippen molar-refractivity contribution in [1.29, 1.82) is 0 Å². The number of carbonyl (C=O) groups excluding carboxylic acids is 1. The molecule has 15 heteroatoms. The lowest BCUT2D eigenvalue weighted by Gasteiger charge is -2.39. The standard InChI is InChI=1S/C20H19F11O4/c21-16(22)14(15(18(23,24)25,19(26,27)28)35-17(16,33)20(29,30)31)34-13(32)10-5-8-4-9(10)12-7-2-1-6(3-7)11(8)12/h6-12,14,33H,1-5H2. The Labute approximate surface area is 190 Å². The minimum Gasteiger partial charge on any atom is -0.452 e. The van der Waals surface area contributed by atoms with Crippen LogP contribution in [0.2, 0.25) is 0 Å². The number of ether oxygens (including phenoxy) is 2. The molecule has 5 rings (SSSR count). The molecule has 1 saturated heterocycles. The number of esters is 1. The van der Waals surface area contributed by atoms with Gasteiger partial charge in [0.05, 0.1) is 5.92 Å². The number of aliphatic hydroxyl groups is 1. The van der Waals surface area contributed by atoms with Crippen LogP contribution < -0.4 is 0 Å². The van der Waals surface area contributed by atoms with Gasteiger partial charge in [-0.15, -0.1) is 0 Å². The fourth-order valence-electron chi connectivity index (χ4n) is 7.80. The van der Waals surface area contributed by atoms with Crippen molar-refractivity contribution in [3.63, 3.8) is 0 Å². The minimum atomic E-state index is -6.97. The van der Waals surface area contributed by atoms with E-state index in [9.17, 15) is 58.2 Å². The summed E-state index contributed by atoms with van der Waals surface area (Å²) in [4.78, 5) is 12.8. The first kappa shape index (κ1) is 25.3. The SMILES string of the molecule is O=C(OC1C(F)(F)C(O)(C(F)(F)F)OC1(C(F)(F)F)C(F)(F)F)C1CC2CC1C1C3CCC(C3)C21. The average Bonchev–Trinajstić information content (AvgIpc) is 3.47. The molecule has 5 fully saturated rings. The number of rotatable bonds is 2. The molecule has 9 unspecified atom stereocenters. The third-order valence-corrected chi connectivity index (χ3v) is 8.96. The molecule has 0 radical (unpaired) electrons. The second-order valence-electron chi connectivity index (χ2n) is 10.4. The predicted molar refractivity (Wildman–Crippen MR) is 89.3 cm³/mol. The first-order valence-electron chi connectivity index (χ1n) is 11.0. The maximum absolute atomic E-state index is 14.7. The summed E-state index contributed by atoms with van der Waals surface area (Å²) in [5, 5.41) is 9.38. The van der Waals surface area contributed by atoms with Gasteiger partial charge in [-0.05, 0) is 67.6 Å². The van der Waals surface area contributed by atoms with Gasteiger partial charge in [0.15, 0.2) is 0 Å². The summed E-state index contributed by atoms with van der Waals surface area (Å²) in [6.45, 7) is 0. The number of fused-ring (bicyclic) bond motifs is 9. The van der Waals surface area contributed by atoms with E-state index in [1.807, 2.05) is 0 Å². The zero-order chi connectivity index (χ0) is 26.1. The van der Waals surface area contributed by atoms with Gasteiger partial charge < -0.3 is 14.6 Å². The zero-order valence-corrected chi connectivity index (χ0v) is 17.5. The molecular weight excluding hydrogens is 513 g/mol. The minimum absolute atomic E-state index is 0.0262. The third-order valence-electron chi connectivity index (χ3n) is 8.96. The van der Waals surface area contributed by atoms with Gasteiger partial charge in [-0.3, -0.25) is 4.79 Å². The quantitative estimate of drug-likeness (QED) is 0.309. The largest absolute Gasteiger partial charge is 0.452 e. The van der Waals surface area contributed by atoms with Crippen LogP contribution in [0, 0.1) is 41.4 Å². The Morgan fingerprint density at radius 2 is 1.34 bits per heavy atom. The lowest BCUT2D eigenvalue weighted by molar-refractivity contribution is -0.457. The highest BCUT2D eigenvalue weighted by atomic mass is 19.4. The molecule has 9 atom stereocenters. The number of halogens is 11. The summed E-state index contributed by atoms with van der Waals surface area (Å²) in [5.74, 6) is -15.7. The van der Waals surface area contributed by atoms with Crippen LogP contribution in [0.4, 0.5) is 48.3 Å². The van der Waals surface area contributed by atoms with E-state index in [2.05, 4.69) is 9.47 Å². The topological polar surface area (TPSA) is 55.8 Å². The summed E-state index contributed by atoms with van der Waals surface area (Å²) in [6, 6.07) is 0. The van der Waals surface area contributed by atoms with E-state index < -0.39 is 59.7 Å². The molecule has 1 N–H and O–H groups in total. The normalized spacial score (nSPS) is 45.7. The molecule has 4 aliphatic carbocycles. The fraction of sp³-hybridized carbons (Fsp3) is 0.950. The Kier molecular flexibility index (Phi) is 5.00. The van der Waals surface area contributed by atoms with Crippen molar-refractivity contribution in [3.05, 3.63) is 0 Å². The van der Waals surface area contributed by atoms with Crippen LogP contribution in [-0.2, 0) is 14.3 Å². The Morgan fingerprint density at radius 3 is 1.86 bits per heavy atom. The van der Waals surface area contributed by atoms with Crippen molar-refractivity contribution in [2.45, 2.75) is 74.0 Å². The molecule has 0 aromatic carbocycles. The van der Waals surface area contributed by atoms with Gasteiger partial charge in [0, 0.05) is 0 Å². The number of alkyl halides is 11. The van der Waals surface area contributed by atoms with Crippen LogP contribution in [0.1, 0.15) is 32.1 Å². The van der Waals surface area contributed by atoms with E-state index in [0.717, 1.165) is 19.3 Å². The van der Waals surface area contributed by atoms with Crippen LogP contribution in [0.15, 0.2) is 0 Å². The summed E-state index contributed by atoms with van der Waals surface area (Å²) in [5.41, 5.74) is -6.32. The molecule has 0 amide bonds. The lowest BCUT2D eigenvalue weighted by atomic mass is 9.67. The van der Waals surface area contributed by atoms with E-state index in [-0.39, 0.29) is 30.1 Å². The molecule has 4 nitrogen and oxygen atoms in total. The van der Waals surface area contributed by atoms with Crippen molar-refractivity contribution in [2.24, 2.45) is 41.4 Å². The van der Waals surface area contributed by atoms with Crippen LogP contribution in [0.25, 0.3) is 0 Å². The monoisotopic (exact) mass is 532 g/mol. The summed E-state index contributed by atoms with van der Waals surface area (Å²) >= 11 is 0. The third kappa shape index (κ3) is 2.96. The van der Waals surface area contributed by atoms with E-state index in [1.54, 1.807) is 0 Å². The molecular formula is C20H19F11O4. The molecule has 1 heterocycles. The van der Waals surface area contributed by atoms with Crippen molar-refractivity contribution < 1.29 is 67.7 Å². The van der Waals surface area contributed by atoms with Crippen LogP contribution in [0.5, 0.6) is 0 Å². The molecule has 1 aliphatic heterocycles. The van der Waals surface area contributed by atoms with Gasteiger partial charge in [0.1, 0.15) is 0 Å². The van der Waals surface area contributed by atoms with Crippen LogP contribution in [-0.4, -0.2) is 53.0 Å². The smallest absolute Gasteiger partial charge is 0.449 e. The van der Waals surface area contributed by atoms with E-state index in [4.69, 9.17) is 0 Å². The van der Waals surface area contributed by atoms with Gasteiger partial charge in [-0.2, -0.15) is 48.3 Å². The average molecular weight is 532 g/mol. The zero-order valence-electron chi connectivity index (χ0n) is 17.5.